The van der Waals surface area contributed by atoms with E-state index in [0.717, 1.165) is 12.1 Å². The monoisotopic (exact) mass is 257 g/mol. The predicted octanol–water partition coefficient (Wildman–Crippen LogP) is 4.51. The van der Waals surface area contributed by atoms with Gasteiger partial charge in [0.2, 0.25) is 0 Å². The van der Waals surface area contributed by atoms with E-state index in [1.807, 2.05) is 12.1 Å². The molecule has 0 spiro atoms. The van der Waals surface area contributed by atoms with Crippen molar-refractivity contribution in [1.82, 2.24) is 0 Å². The quantitative estimate of drug-likeness (QED) is 0.499. The summed E-state index contributed by atoms with van der Waals surface area (Å²) in [5.41, 5.74) is 14.8. The molecular formula is C19H15N. The Morgan fingerprint density at radius 3 is 2.20 bits per heavy atom. The molecule has 0 radical (unpaired) electrons. The zero-order valence-corrected chi connectivity index (χ0v) is 11.1. The highest BCUT2D eigenvalue weighted by Crippen LogP contribution is 2.41. The zero-order chi connectivity index (χ0) is 13.5. The van der Waals surface area contributed by atoms with Gasteiger partial charge in [-0.3, -0.25) is 0 Å². The summed E-state index contributed by atoms with van der Waals surface area (Å²) >= 11 is 0. The molecule has 0 saturated carbocycles. The molecule has 0 saturated heterocycles. The van der Waals surface area contributed by atoms with Crippen molar-refractivity contribution in [2.45, 2.75) is 6.42 Å². The number of hydrogen-bond donors (Lipinski definition) is 1. The van der Waals surface area contributed by atoms with Crippen LogP contribution in [0.25, 0.3) is 22.3 Å². The Bertz CT molecular complexity index is 785. The summed E-state index contributed by atoms with van der Waals surface area (Å²) in [4.78, 5) is 0. The summed E-state index contributed by atoms with van der Waals surface area (Å²) in [6, 6.07) is 23.4. The Morgan fingerprint density at radius 2 is 1.35 bits per heavy atom. The van der Waals surface area contributed by atoms with Crippen LogP contribution in [0.4, 0.5) is 5.69 Å². The second-order valence-corrected chi connectivity index (χ2v) is 5.29. The van der Waals surface area contributed by atoms with E-state index in [1.54, 1.807) is 0 Å². The van der Waals surface area contributed by atoms with Crippen molar-refractivity contribution in [2.75, 3.05) is 5.73 Å². The van der Waals surface area contributed by atoms with Crippen LogP contribution < -0.4 is 5.73 Å². The van der Waals surface area contributed by atoms with E-state index in [0.29, 0.717) is 0 Å². The third-order valence-electron chi connectivity index (χ3n) is 4.07. The lowest BCUT2D eigenvalue weighted by Crippen LogP contribution is -1.89. The number of rotatable bonds is 1. The second kappa shape index (κ2) is 4.24. The average Bonchev–Trinajstić information content (AvgIpc) is 2.87. The third kappa shape index (κ3) is 1.64. The van der Waals surface area contributed by atoms with Crippen LogP contribution in [0, 0.1) is 0 Å². The van der Waals surface area contributed by atoms with Crippen LogP contribution in [-0.4, -0.2) is 0 Å². The lowest BCUT2D eigenvalue weighted by Gasteiger charge is -2.09. The summed E-state index contributed by atoms with van der Waals surface area (Å²) in [6.07, 6.45) is 1.02. The van der Waals surface area contributed by atoms with Gasteiger partial charge in [-0.25, -0.2) is 0 Å². The van der Waals surface area contributed by atoms with Crippen LogP contribution in [0.2, 0.25) is 0 Å². The zero-order valence-electron chi connectivity index (χ0n) is 11.1. The van der Waals surface area contributed by atoms with Crippen LogP contribution in [0.15, 0.2) is 66.7 Å². The minimum absolute atomic E-state index is 0.810. The molecule has 1 heteroatoms. The van der Waals surface area contributed by atoms with E-state index < -0.39 is 0 Å². The molecule has 0 amide bonds. The number of anilines is 1. The molecule has 20 heavy (non-hydrogen) atoms. The molecule has 1 aliphatic carbocycles. The molecule has 0 atom stereocenters. The topological polar surface area (TPSA) is 26.0 Å². The molecule has 0 fully saturated rings. The van der Waals surface area contributed by atoms with Crippen molar-refractivity contribution in [2.24, 2.45) is 0 Å². The fourth-order valence-electron chi connectivity index (χ4n) is 3.09. The largest absolute Gasteiger partial charge is 0.399 e. The van der Waals surface area contributed by atoms with Gasteiger partial charge in [-0.1, -0.05) is 54.6 Å². The molecule has 2 N–H and O–H groups in total. The maximum absolute atomic E-state index is 5.79. The third-order valence-corrected chi connectivity index (χ3v) is 4.07. The summed E-state index contributed by atoms with van der Waals surface area (Å²) in [6.45, 7) is 0. The van der Waals surface area contributed by atoms with Gasteiger partial charge in [0.1, 0.15) is 0 Å². The van der Waals surface area contributed by atoms with Gasteiger partial charge in [-0.15, -0.1) is 0 Å². The maximum atomic E-state index is 5.79. The molecule has 4 rings (SSSR count). The summed E-state index contributed by atoms with van der Waals surface area (Å²) in [7, 11) is 0. The van der Waals surface area contributed by atoms with Crippen LogP contribution in [0.1, 0.15) is 11.1 Å². The summed E-state index contributed by atoms with van der Waals surface area (Å²) < 4.78 is 0. The smallest absolute Gasteiger partial charge is 0.0314 e. The van der Waals surface area contributed by atoms with Crippen molar-refractivity contribution in [3.05, 3.63) is 77.9 Å². The Morgan fingerprint density at radius 1 is 0.650 bits per heavy atom. The Balaban J connectivity index is 1.91. The first kappa shape index (κ1) is 11.3. The van der Waals surface area contributed by atoms with E-state index in [4.69, 9.17) is 5.73 Å². The standard InChI is InChI=1S/C19H15N/c20-15-10-8-13(9-11-15)16-6-3-7-18-17-5-2-1-4-14(17)12-19(16)18/h1-11H,12,20H2. The van der Waals surface area contributed by atoms with E-state index in [1.165, 1.54) is 33.4 Å². The average molecular weight is 257 g/mol. The van der Waals surface area contributed by atoms with Gasteiger partial charge in [0, 0.05) is 5.69 Å². The summed E-state index contributed by atoms with van der Waals surface area (Å²) in [5.74, 6) is 0. The van der Waals surface area contributed by atoms with E-state index in [-0.39, 0.29) is 0 Å². The minimum atomic E-state index is 0.810. The molecule has 1 aliphatic rings. The lowest BCUT2D eigenvalue weighted by molar-refractivity contribution is 1.26. The fourth-order valence-corrected chi connectivity index (χ4v) is 3.09. The molecule has 3 aromatic carbocycles. The van der Waals surface area contributed by atoms with E-state index >= 15 is 0 Å². The van der Waals surface area contributed by atoms with Gasteiger partial charge in [0.15, 0.2) is 0 Å². The van der Waals surface area contributed by atoms with Gasteiger partial charge in [0.25, 0.3) is 0 Å². The second-order valence-electron chi connectivity index (χ2n) is 5.29. The van der Waals surface area contributed by atoms with Crippen LogP contribution in [0.5, 0.6) is 0 Å². The van der Waals surface area contributed by atoms with Crippen molar-refractivity contribution in [3.63, 3.8) is 0 Å². The highest BCUT2D eigenvalue weighted by molar-refractivity contribution is 5.84. The van der Waals surface area contributed by atoms with Crippen LogP contribution in [-0.2, 0) is 6.42 Å². The molecule has 0 heterocycles. The molecular weight excluding hydrogens is 242 g/mol. The normalized spacial score (nSPS) is 12.0. The summed E-state index contributed by atoms with van der Waals surface area (Å²) in [5, 5.41) is 0. The predicted molar refractivity (Wildman–Crippen MR) is 84.5 cm³/mol. The number of hydrogen-bond acceptors (Lipinski definition) is 1. The van der Waals surface area contributed by atoms with Gasteiger partial charge in [-0.05, 0) is 51.9 Å². The van der Waals surface area contributed by atoms with Crippen LogP contribution in [0.3, 0.4) is 0 Å². The number of nitrogens with two attached hydrogens (primary N) is 1. The first-order chi connectivity index (χ1) is 9.83. The molecule has 1 nitrogen and oxygen atoms in total. The Kier molecular flexibility index (Phi) is 2.40. The highest BCUT2D eigenvalue weighted by Gasteiger charge is 2.20. The van der Waals surface area contributed by atoms with E-state index in [9.17, 15) is 0 Å². The highest BCUT2D eigenvalue weighted by atomic mass is 14.5. The van der Waals surface area contributed by atoms with Crippen molar-refractivity contribution >= 4 is 5.69 Å². The van der Waals surface area contributed by atoms with Crippen LogP contribution >= 0.6 is 0 Å². The minimum Gasteiger partial charge on any atom is -0.399 e. The Labute approximate surface area is 118 Å². The van der Waals surface area contributed by atoms with Crippen molar-refractivity contribution < 1.29 is 0 Å². The number of benzene rings is 3. The van der Waals surface area contributed by atoms with Gasteiger partial charge >= 0.3 is 0 Å². The van der Waals surface area contributed by atoms with Gasteiger partial charge < -0.3 is 5.73 Å². The van der Waals surface area contributed by atoms with E-state index in [2.05, 4.69) is 54.6 Å². The fraction of sp³-hybridized carbons (Fsp3) is 0.0526. The molecule has 0 unspecified atom stereocenters. The van der Waals surface area contributed by atoms with Gasteiger partial charge in [0.05, 0.1) is 0 Å². The van der Waals surface area contributed by atoms with Crippen molar-refractivity contribution in [3.8, 4) is 22.3 Å². The molecule has 0 bridgehead atoms. The SMILES string of the molecule is Nc1ccc(-c2cccc3c2Cc2ccccc2-3)cc1. The molecule has 96 valence electrons. The first-order valence-corrected chi connectivity index (χ1v) is 6.89. The van der Waals surface area contributed by atoms with Crippen molar-refractivity contribution in [1.29, 1.82) is 0 Å². The molecule has 0 aromatic heterocycles. The first-order valence-electron chi connectivity index (χ1n) is 6.89. The lowest BCUT2D eigenvalue weighted by atomic mass is 9.96. The van der Waals surface area contributed by atoms with Gasteiger partial charge in [-0.2, -0.15) is 0 Å². The maximum Gasteiger partial charge on any atom is 0.0314 e. The Hall–Kier alpha value is -2.54. The number of nitrogen functional groups attached to an aromatic ring is 1. The number of fused-ring (bicyclic) bond motifs is 3. The molecule has 0 aliphatic heterocycles. The molecule has 3 aromatic rings.